The fourth-order valence-electron chi connectivity index (χ4n) is 3.07. The molecule has 0 fully saturated rings. The van der Waals surface area contributed by atoms with Crippen molar-refractivity contribution in [2.45, 2.75) is 77.0 Å². The van der Waals surface area contributed by atoms with Gasteiger partial charge >= 0.3 is 0 Å². The molecule has 0 saturated carbocycles. The second-order valence-electron chi connectivity index (χ2n) is 6.75. The van der Waals surface area contributed by atoms with Crippen molar-refractivity contribution < 1.29 is 10.2 Å². The Bertz CT molecular complexity index is 259. The van der Waals surface area contributed by atoms with Crippen LogP contribution in [0, 0.1) is 0 Å². The molecule has 0 atom stereocenters. The smallest absolute Gasteiger partial charge is 0.0893 e. The van der Waals surface area contributed by atoms with E-state index in [1.165, 1.54) is 77.3 Å². The van der Waals surface area contributed by atoms with E-state index < -0.39 is 0 Å². The standard InChI is InChI=1S/C19H38N2O2/c22-17-11-7-3-1-5-9-13-20-15-16-21(19-20)14-10-6-2-4-8-12-18-23/h15-16,22-23H,1-14,17-19H2. The molecule has 0 aromatic rings. The molecule has 2 N–H and O–H groups in total. The van der Waals surface area contributed by atoms with E-state index in [9.17, 15) is 0 Å². The highest BCUT2D eigenvalue weighted by Crippen LogP contribution is 2.12. The average molecular weight is 327 g/mol. The highest BCUT2D eigenvalue weighted by atomic mass is 16.3. The van der Waals surface area contributed by atoms with Crippen molar-refractivity contribution >= 4 is 0 Å². The Balaban J connectivity index is 1.86. The van der Waals surface area contributed by atoms with Crippen LogP contribution < -0.4 is 0 Å². The second-order valence-corrected chi connectivity index (χ2v) is 6.75. The van der Waals surface area contributed by atoms with Gasteiger partial charge in [-0.1, -0.05) is 51.4 Å². The molecule has 0 radical (unpaired) electrons. The Morgan fingerprint density at radius 2 is 0.870 bits per heavy atom. The van der Waals surface area contributed by atoms with Crippen LogP contribution in [0.15, 0.2) is 12.4 Å². The van der Waals surface area contributed by atoms with Crippen molar-refractivity contribution in [1.82, 2.24) is 9.80 Å². The molecule has 0 spiro atoms. The summed E-state index contributed by atoms with van der Waals surface area (Å²) in [6, 6.07) is 0. The summed E-state index contributed by atoms with van der Waals surface area (Å²) in [4.78, 5) is 4.85. The van der Waals surface area contributed by atoms with E-state index in [1.807, 2.05) is 0 Å². The lowest BCUT2D eigenvalue weighted by Crippen LogP contribution is -2.26. The number of unbranched alkanes of at least 4 members (excludes halogenated alkanes) is 10. The van der Waals surface area contributed by atoms with Gasteiger partial charge in [-0.05, 0) is 25.7 Å². The van der Waals surface area contributed by atoms with Crippen LogP contribution in [0.1, 0.15) is 77.0 Å². The molecule has 1 aliphatic heterocycles. The SMILES string of the molecule is OCCCCCCCCN1C=CN(CCCCCCCCO)C1. The molecule has 0 aromatic heterocycles. The molecule has 1 aliphatic rings. The first-order valence-corrected chi connectivity index (χ1v) is 9.75. The average Bonchev–Trinajstić information content (AvgIpc) is 3.01. The van der Waals surface area contributed by atoms with Gasteiger partial charge in [0.25, 0.3) is 0 Å². The Morgan fingerprint density at radius 1 is 0.522 bits per heavy atom. The quantitative estimate of drug-likeness (QED) is 0.425. The van der Waals surface area contributed by atoms with Gasteiger partial charge in [0.05, 0.1) is 6.67 Å². The lowest BCUT2D eigenvalue weighted by Gasteiger charge is -2.21. The summed E-state index contributed by atoms with van der Waals surface area (Å²) >= 11 is 0. The van der Waals surface area contributed by atoms with Gasteiger partial charge in [-0.2, -0.15) is 0 Å². The third kappa shape index (κ3) is 11.4. The number of nitrogens with zero attached hydrogens (tertiary/aromatic N) is 2. The second kappa shape index (κ2) is 14.8. The molecule has 23 heavy (non-hydrogen) atoms. The van der Waals surface area contributed by atoms with Crippen molar-refractivity contribution in [3.05, 3.63) is 12.4 Å². The minimum absolute atomic E-state index is 0.344. The maximum Gasteiger partial charge on any atom is 0.0893 e. The number of aliphatic hydroxyl groups excluding tert-OH is 2. The van der Waals surface area contributed by atoms with Crippen LogP contribution in [0.4, 0.5) is 0 Å². The maximum atomic E-state index is 8.74. The summed E-state index contributed by atoms with van der Waals surface area (Å²) in [5.74, 6) is 0. The first-order chi connectivity index (χ1) is 11.4. The van der Waals surface area contributed by atoms with E-state index in [2.05, 4.69) is 22.2 Å². The first-order valence-electron chi connectivity index (χ1n) is 9.75. The van der Waals surface area contributed by atoms with Gasteiger partial charge in [-0.3, -0.25) is 0 Å². The first kappa shape index (κ1) is 20.3. The molecule has 0 amide bonds. The van der Waals surface area contributed by atoms with Gasteiger partial charge in [0.15, 0.2) is 0 Å². The summed E-state index contributed by atoms with van der Waals surface area (Å²) < 4.78 is 0. The number of hydrogen-bond acceptors (Lipinski definition) is 4. The predicted molar refractivity (Wildman–Crippen MR) is 97.0 cm³/mol. The highest BCUT2D eigenvalue weighted by Gasteiger charge is 2.10. The van der Waals surface area contributed by atoms with Gasteiger partial charge in [0.1, 0.15) is 0 Å². The molecule has 0 saturated heterocycles. The molecule has 0 bridgehead atoms. The Labute approximate surface area is 143 Å². The molecule has 0 unspecified atom stereocenters. The zero-order valence-electron chi connectivity index (χ0n) is 15.0. The minimum atomic E-state index is 0.344. The normalized spacial score (nSPS) is 14.2. The van der Waals surface area contributed by atoms with E-state index >= 15 is 0 Å². The van der Waals surface area contributed by atoms with Crippen LogP contribution in [0.5, 0.6) is 0 Å². The summed E-state index contributed by atoms with van der Waals surface area (Å²) in [5.41, 5.74) is 0. The third-order valence-corrected chi connectivity index (χ3v) is 4.56. The van der Waals surface area contributed by atoms with Crippen LogP contribution in [0.25, 0.3) is 0 Å². The number of aliphatic hydroxyl groups is 2. The number of rotatable bonds is 16. The van der Waals surface area contributed by atoms with Crippen molar-refractivity contribution in [3.8, 4) is 0 Å². The fourth-order valence-corrected chi connectivity index (χ4v) is 3.07. The zero-order chi connectivity index (χ0) is 16.6. The zero-order valence-corrected chi connectivity index (χ0v) is 15.0. The molecule has 1 rings (SSSR count). The molecular formula is C19H38N2O2. The predicted octanol–water partition coefficient (Wildman–Crippen LogP) is 3.70. The molecule has 4 heteroatoms. The van der Waals surface area contributed by atoms with E-state index in [0.29, 0.717) is 13.2 Å². The van der Waals surface area contributed by atoms with Crippen molar-refractivity contribution in [2.75, 3.05) is 33.0 Å². The summed E-state index contributed by atoms with van der Waals surface area (Å²) in [5, 5.41) is 17.5. The molecule has 136 valence electrons. The Morgan fingerprint density at radius 3 is 1.26 bits per heavy atom. The van der Waals surface area contributed by atoms with Gasteiger partial charge in [0, 0.05) is 38.7 Å². The fraction of sp³-hybridized carbons (Fsp3) is 0.895. The van der Waals surface area contributed by atoms with Crippen LogP contribution >= 0.6 is 0 Å². The van der Waals surface area contributed by atoms with Gasteiger partial charge in [-0.25, -0.2) is 0 Å². The van der Waals surface area contributed by atoms with Crippen LogP contribution in [0.2, 0.25) is 0 Å². The Kier molecular flexibility index (Phi) is 13.1. The lowest BCUT2D eigenvalue weighted by molar-refractivity contribution is 0.256. The summed E-state index contributed by atoms with van der Waals surface area (Å²) in [6.45, 7) is 4.10. The molecule has 0 aliphatic carbocycles. The third-order valence-electron chi connectivity index (χ3n) is 4.56. The molecular weight excluding hydrogens is 288 g/mol. The van der Waals surface area contributed by atoms with Crippen molar-refractivity contribution in [2.24, 2.45) is 0 Å². The topological polar surface area (TPSA) is 46.9 Å². The van der Waals surface area contributed by atoms with Crippen LogP contribution in [-0.4, -0.2) is 53.0 Å². The largest absolute Gasteiger partial charge is 0.396 e. The van der Waals surface area contributed by atoms with Crippen LogP contribution in [0.3, 0.4) is 0 Å². The Hall–Kier alpha value is -0.740. The molecule has 0 aromatic carbocycles. The van der Waals surface area contributed by atoms with Gasteiger partial charge in [0.2, 0.25) is 0 Å². The molecule has 1 heterocycles. The summed E-state index contributed by atoms with van der Waals surface area (Å²) in [7, 11) is 0. The van der Waals surface area contributed by atoms with E-state index in [4.69, 9.17) is 10.2 Å². The highest BCUT2D eigenvalue weighted by molar-refractivity contribution is 4.90. The maximum absolute atomic E-state index is 8.74. The van der Waals surface area contributed by atoms with E-state index in [-0.39, 0.29) is 0 Å². The molecule has 4 nitrogen and oxygen atoms in total. The van der Waals surface area contributed by atoms with Crippen LogP contribution in [-0.2, 0) is 0 Å². The summed E-state index contributed by atoms with van der Waals surface area (Å²) in [6.07, 6.45) is 19.1. The van der Waals surface area contributed by atoms with Gasteiger partial charge in [-0.15, -0.1) is 0 Å². The lowest BCUT2D eigenvalue weighted by atomic mass is 10.1. The minimum Gasteiger partial charge on any atom is -0.396 e. The van der Waals surface area contributed by atoms with Crippen molar-refractivity contribution in [1.29, 1.82) is 0 Å². The number of hydrogen-bond donors (Lipinski definition) is 2. The monoisotopic (exact) mass is 326 g/mol. The van der Waals surface area contributed by atoms with E-state index in [0.717, 1.165) is 19.5 Å². The van der Waals surface area contributed by atoms with Crippen molar-refractivity contribution in [3.63, 3.8) is 0 Å². The van der Waals surface area contributed by atoms with E-state index in [1.54, 1.807) is 0 Å². The van der Waals surface area contributed by atoms with Gasteiger partial charge < -0.3 is 20.0 Å².